The first-order valence-electron chi connectivity index (χ1n) is 10.0. The number of nitrogens with two attached hydrogens (primary N) is 1. The van der Waals surface area contributed by atoms with Crippen molar-refractivity contribution >= 4 is 43.8 Å². The highest BCUT2D eigenvalue weighted by Gasteiger charge is 2.19. The number of halogens is 1. The third-order valence-corrected chi connectivity index (χ3v) is 5.65. The van der Waals surface area contributed by atoms with Gasteiger partial charge < -0.3 is 15.0 Å². The summed E-state index contributed by atoms with van der Waals surface area (Å²) in [6, 6.07) is 9.57. The Labute approximate surface area is 188 Å². The number of nitrogens with zero attached hydrogens (tertiary/aromatic N) is 4. The van der Waals surface area contributed by atoms with Crippen LogP contribution in [0.5, 0.6) is 5.75 Å². The molecule has 8 heteroatoms. The maximum atomic E-state index is 11.9. The highest BCUT2D eigenvalue weighted by molar-refractivity contribution is 9.09. The van der Waals surface area contributed by atoms with Gasteiger partial charge in [-0.3, -0.25) is 9.48 Å². The molecule has 0 atom stereocenters. The zero-order valence-corrected chi connectivity index (χ0v) is 19.3. The molecule has 0 saturated carbocycles. The molecule has 0 fully saturated rings. The Morgan fingerprint density at radius 2 is 2.03 bits per heavy atom. The normalized spacial score (nSPS) is 11.7. The minimum absolute atomic E-state index is 0.406. The molecule has 4 rings (SSSR count). The third-order valence-electron chi connectivity index (χ3n) is 5.28. The predicted octanol–water partition coefficient (Wildman–Crippen LogP) is 4.44. The summed E-state index contributed by atoms with van der Waals surface area (Å²) in [5.74, 6) is 0.0970. The molecule has 0 aliphatic rings. The largest absolute Gasteiger partial charge is 0.495 e. The number of rotatable bonds is 7. The first-order chi connectivity index (χ1) is 15.0. The van der Waals surface area contributed by atoms with Gasteiger partial charge in [0.15, 0.2) is 0 Å². The number of alkyl halides is 1. The number of primary amides is 1. The van der Waals surface area contributed by atoms with Gasteiger partial charge in [-0.15, -0.1) is 0 Å². The molecule has 0 saturated heterocycles. The van der Waals surface area contributed by atoms with E-state index < -0.39 is 5.91 Å². The number of hydrogen-bond donors (Lipinski definition) is 1. The predicted molar refractivity (Wildman–Crippen MR) is 127 cm³/mol. The van der Waals surface area contributed by atoms with E-state index in [-0.39, 0.29) is 0 Å². The Balaban J connectivity index is 2.05. The van der Waals surface area contributed by atoms with E-state index in [1.807, 2.05) is 41.9 Å². The van der Waals surface area contributed by atoms with E-state index >= 15 is 0 Å². The van der Waals surface area contributed by atoms with E-state index in [0.29, 0.717) is 17.9 Å². The molecule has 0 spiro atoms. The SMILES string of the molecule is CCn1nc(C)cc1-c1ccc2c3cc(C(N)=O)cc(OC)c3n(CC=CCBr)c2n1. The van der Waals surface area contributed by atoms with Gasteiger partial charge in [0.1, 0.15) is 11.4 Å². The van der Waals surface area contributed by atoms with Crippen molar-refractivity contribution in [3.8, 4) is 17.1 Å². The van der Waals surface area contributed by atoms with E-state index in [9.17, 15) is 4.79 Å². The molecule has 0 radical (unpaired) electrons. The smallest absolute Gasteiger partial charge is 0.248 e. The minimum Gasteiger partial charge on any atom is -0.495 e. The van der Waals surface area contributed by atoms with E-state index in [2.05, 4.69) is 38.6 Å². The Morgan fingerprint density at radius 3 is 2.71 bits per heavy atom. The van der Waals surface area contributed by atoms with E-state index in [4.69, 9.17) is 15.5 Å². The number of aryl methyl sites for hydroxylation is 2. The summed E-state index contributed by atoms with van der Waals surface area (Å²) in [5, 5.41) is 7.14. The lowest BCUT2D eigenvalue weighted by atomic mass is 10.1. The van der Waals surface area contributed by atoms with Crippen molar-refractivity contribution in [3.05, 3.63) is 53.7 Å². The first-order valence-corrected chi connectivity index (χ1v) is 11.2. The molecule has 4 aromatic rings. The number of carbonyl (C=O) groups excluding carboxylic acids is 1. The number of aromatic nitrogens is 4. The van der Waals surface area contributed by atoms with Gasteiger partial charge in [0, 0.05) is 34.8 Å². The summed E-state index contributed by atoms with van der Waals surface area (Å²) in [7, 11) is 1.59. The van der Waals surface area contributed by atoms with Crippen molar-refractivity contribution in [1.82, 2.24) is 19.3 Å². The fraction of sp³-hybridized carbons (Fsp3) is 0.261. The molecule has 3 heterocycles. The summed E-state index contributed by atoms with van der Waals surface area (Å²) in [4.78, 5) is 16.9. The van der Waals surface area contributed by atoms with Crippen LogP contribution in [0.3, 0.4) is 0 Å². The number of pyridine rings is 1. The second-order valence-electron chi connectivity index (χ2n) is 7.23. The molecule has 160 valence electrons. The molecule has 1 aromatic carbocycles. The fourth-order valence-electron chi connectivity index (χ4n) is 3.92. The van der Waals surface area contributed by atoms with Crippen LogP contribution < -0.4 is 10.5 Å². The second-order valence-corrected chi connectivity index (χ2v) is 7.88. The van der Waals surface area contributed by atoms with Crippen LogP contribution in [-0.4, -0.2) is 37.7 Å². The van der Waals surface area contributed by atoms with Crippen molar-refractivity contribution in [1.29, 1.82) is 0 Å². The van der Waals surface area contributed by atoms with Gasteiger partial charge in [-0.25, -0.2) is 4.98 Å². The molecule has 0 bridgehead atoms. The van der Waals surface area contributed by atoms with Gasteiger partial charge in [0.05, 0.1) is 29.7 Å². The average molecular weight is 482 g/mol. The minimum atomic E-state index is -0.493. The zero-order chi connectivity index (χ0) is 22.1. The summed E-state index contributed by atoms with van der Waals surface area (Å²) in [6.07, 6.45) is 4.12. The van der Waals surface area contributed by atoms with Crippen molar-refractivity contribution in [2.24, 2.45) is 5.73 Å². The van der Waals surface area contributed by atoms with E-state index in [0.717, 1.165) is 50.9 Å². The zero-order valence-electron chi connectivity index (χ0n) is 17.7. The van der Waals surface area contributed by atoms with Crippen LogP contribution >= 0.6 is 15.9 Å². The molecule has 0 unspecified atom stereocenters. The summed E-state index contributed by atoms with van der Waals surface area (Å²) in [5.41, 5.74) is 10.4. The molecule has 2 N–H and O–H groups in total. The number of methoxy groups -OCH3 is 1. The van der Waals surface area contributed by atoms with Crippen LogP contribution in [0.1, 0.15) is 23.0 Å². The average Bonchev–Trinajstić information content (AvgIpc) is 3.30. The van der Waals surface area contributed by atoms with Crippen molar-refractivity contribution in [3.63, 3.8) is 0 Å². The van der Waals surface area contributed by atoms with Crippen LogP contribution in [0, 0.1) is 6.92 Å². The Bertz CT molecular complexity index is 1320. The van der Waals surface area contributed by atoms with Crippen molar-refractivity contribution in [2.45, 2.75) is 26.9 Å². The number of fused-ring (bicyclic) bond motifs is 3. The highest BCUT2D eigenvalue weighted by Crippen LogP contribution is 2.36. The molecule has 31 heavy (non-hydrogen) atoms. The van der Waals surface area contributed by atoms with Crippen LogP contribution in [0.4, 0.5) is 0 Å². The first kappa shape index (κ1) is 21.1. The van der Waals surface area contributed by atoms with E-state index in [1.54, 1.807) is 13.2 Å². The summed E-state index contributed by atoms with van der Waals surface area (Å²) < 4.78 is 9.70. The maximum absolute atomic E-state index is 11.9. The number of allylic oxidation sites excluding steroid dienone is 2. The molecule has 0 aliphatic carbocycles. The Morgan fingerprint density at radius 1 is 1.23 bits per heavy atom. The molecule has 7 nitrogen and oxygen atoms in total. The lowest BCUT2D eigenvalue weighted by Gasteiger charge is -2.09. The lowest BCUT2D eigenvalue weighted by Crippen LogP contribution is -2.11. The second kappa shape index (κ2) is 8.55. The van der Waals surface area contributed by atoms with Crippen LogP contribution in [0.15, 0.2) is 42.5 Å². The third kappa shape index (κ3) is 3.72. The Hall–Kier alpha value is -3.13. The number of carbonyl (C=O) groups is 1. The van der Waals surface area contributed by atoms with E-state index in [1.165, 1.54) is 0 Å². The molecular weight excluding hydrogens is 458 g/mol. The fourth-order valence-corrected chi connectivity index (χ4v) is 4.18. The topological polar surface area (TPSA) is 88.0 Å². The number of hydrogen-bond acceptors (Lipinski definition) is 4. The molecular formula is C23H24BrN5O2. The molecule has 1 amide bonds. The highest BCUT2D eigenvalue weighted by atomic mass is 79.9. The number of benzene rings is 1. The summed E-state index contributed by atoms with van der Waals surface area (Å²) in [6.45, 7) is 5.41. The molecule has 3 aromatic heterocycles. The van der Waals surface area contributed by atoms with Crippen LogP contribution in [0.25, 0.3) is 33.3 Å². The summed E-state index contributed by atoms with van der Waals surface area (Å²) >= 11 is 3.43. The number of amides is 1. The lowest BCUT2D eigenvalue weighted by molar-refractivity contribution is 0.1000. The monoisotopic (exact) mass is 481 g/mol. The Kier molecular flexibility index (Phi) is 5.82. The van der Waals surface area contributed by atoms with Gasteiger partial charge >= 0.3 is 0 Å². The van der Waals surface area contributed by atoms with Gasteiger partial charge in [0.2, 0.25) is 5.91 Å². The quantitative estimate of drug-likeness (QED) is 0.312. The van der Waals surface area contributed by atoms with Gasteiger partial charge in [-0.05, 0) is 44.2 Å². The molecule has 0 aliphatic heterocycles. The standard InChI is InChI=1S/C23H24BrN5O2/c1-4-29-19(11-14(2)27-29)18-8-7-16-17-12-15(22(25)30)13-20(31-3)21(17)28(23(16)26-18)10-6-5-9-24/h5-8,11-13H,4,9-10H2,1-3H3,(H2,25,30). The van der Waals surface area contributed by atoms with Crippen molar-refractivity contribution < 1.29 is 9.53 Å². The number of ether oxygens (including phenoxy) is 1. The van der Waals surface area contributed by atoms with Crippen LogP contribution in [0.2, 0.25) is 0 Å². The van der Waals surface area contributed by atoms with Crippen molar-refractivity contribution in [2.75, 3.05) is 12.4 Å². The van der Waals surface area contributed by atoms with Gasteiger partial charge in [-0.1, -0.05) is 28.1 Å². The van der Waals surface area contributed by atoms with Gasteiger partial charge in [0.25, 0.3) is 0 Å². The maximum Gasteiger partial charge on any atom is 0.248 e. The van der Waals surface area contributed by atoms with Gasteiger partial charge in [-0.2, -0.15) is 5.10 Å². The van der Waals surface area contributed by atoms with Crippen LogP contribution in [-0.2, 0) is 13.1 Å².